The second kappa shape index (κ2) is 11.9. The van der Waals surface area contributed by atoms with Crippen molar-refractivity contribution in [2.45, 2.75) is 77.0 Å². The minimum Gasteiger partial charge on any atom is -0.444 e. The molecule has 2 amide bonds. The Bertz CT molecular complexity index is 1410. The number of imidazole rings is 1. The van der Waals surface area contributed by atoms with Gasteiger partial charge in [-0.1, -0.05) is 29.3 Å². The molecule has 3 heterocycles. The van der Waals surface area contributed by atoms with Crippen LogP contribution in [-0.4, -0.2) is 61.2 Å². The summed E-state index contributed by atoms with van der Waals surface area (Å²) in [6.07, 6.45) is 5.93. The molecule has 220 valence electrons. The van der Waals surface area contributed by atoms with E-state index in [0.29, 0.717) is 64.7 Å². The van der Waals surface area contributed by atoms with Crippen LogP contribution >= 0.6 is 23.2 Å². The van der Waals surface area contributed by atoms with Crippen molar-refractivity contribution < 1.29 is 14.3 Å². The highest BCUT2D eigenvalue weighted by atomic mass is 35.5. The lowest BCUT2D eigenvalue weighted by Gasteiger charge is -2.34. The molecule has 1 atom stereocenters. The molecule has 0 bridgehead atoms. The molecule has 5 rings (SSSR count). The van der Waals surface area contributed by atoms with Crippen molar-refractivity contribution in [1.29, 1.82) is 0 Å². The Morgan fingerprint density at radius 3 is 2.44 bits per heavy atom. The maximum atomic E-state index is 12.7. The van der Waals surface area contributed by atoms with Crippen molar-refractivity contribution >= 4 is 64.0 Å². The number of carbonyl (C=O) groups excluding carboxylic acids is 2. The number of halogens is 2. The van der Waals surface area contributed by atoms with Gasteiger partial charge in [-0.2, -0.15) is 4.98 Å². The van der Waals surface area contributed by atoms with Crippen molar-refractivity contribution in [3.05, 3.63) is 34.4 Å². The van der Waals surface area contributed by atoms with Crippen molar-refractivity contribution in [3.63, 3.8) is 0 Å². The number of ether oxygens (including phenoxy) is 1. The topological polar surface area (TPSA) is 140 Å². The third kappa shape index (κ3) is 6.78. The second-order valence-corrected chi connectivity index (χ2v) is 12.6. The Hall–Kier alpha value is -3.31. The van der Waals surface area contributed by atoms with Gasteiger partial charge in [-0.15, -0.1) is 0 Å². The summed E-state index contributed by atoms with van der Waals surface area (Å²) in [6, 6.07) is 5.29. The van der Waals surface area contributed by atoms with Crippen LogP contribution in [0, 0.1) is 5.92 Å². The summed E-state index contributed by atoms with van der Waals surface area (Å²) >= 11 is 12.9. The lowest BCUT2D eigenvalue weighted by molar-refractivity contribution is -0.122. The van der Waals surface area contributed by atoms with Gasteiger partial charge in [0, 0.05) is 31.1 Å². The van der Waals surface area contributed by atoms with Gasteiger partial charge in [0.1, 0.15) is 11.1 Å². The first-order chi connectivity index (χ1) is 19.5. The summed E-state index contributed by atoms with van der Waals surface area (Å²) in [4.78, 5) is 40.4. The van der Waals surface area contributed by atoms with E-state index in [-0.39, 0.29) is 30.0 Å². The Morgan fingerprint density at radius 1 is 1.07 bits per heavy atom. The normalized spacial score (nSPS) is 21.5. The van der Waals surface area contributed by atoms with Gasteiger partial charge in [-0.05, 0) is 71.4 Å². The minimum atomic E-state index is -0.555. The van der Waals surface area contributed by atoms with Crippen molar-refractivity contribution in [2.24, 2.45) is 11.7 Å². The number of amides is 2. The van der Waals surface area contributed by atoms with E-state index in [1.54, 1.807) is 29.3 Å². The van der Waals surface area contributed by atoms with Crippen LogP contribution in [0.4, 0.5) is 22.4 Å². The van der Waals surface area contributed by atoms with Crippen molar-refractivity contribution in [2.75, 3.05) is 23.7 Å². The molecular formula is C28H36Cl2N8O3. The molecule has 3 aromatic rings. The predicted octanol–water partition coefficient (Wildman–Crippen LogP) is 5.90. The molecule has 1 saturated carbocycles. The lowest BCUT2D eigenvalue weighted by Crippen LogP contribution is -2.47. The zero-order valence-electron chi connectivity index (χ0n) is 23.5. The van der Waals surface area contributed by atoms with Gasteiger partial charge >= 0.3 is 6.09 Å². The molecule has 1 aromatic carbocycles. The first-order valence-electron chi connectivity index (χ1n) is 14.0. The molecule has 0 spiro atoms. The molecule has 41 heavy (non-hydrogen) atoms. The van der Waals surface area contributed by atoms with Crippen LogP contribution in [0.15, 0.2) is 24.4 Å². The lowest BCUT2D eigenvalue weighted by atomic mass is 9.85. The van der Waals surface area contributed by atoms with Gasteiger partial charge in [0.25, 0.3) is 0 Å². The molecule has 4 N–H and O–H groups in total. The van der Waals surface area contributed by atoms with Gasteiger partial charge in [-0.25, -0.2) is 14.8 Å². The molecular weight excluding hydrogens is 567 g/mol. The fourth-order valence-electron chi connectivity index (χ4n) is 5.51. The third-order valence-electron chi connectivity index (χ3n) is 7.50. The molecule has 11 nitrogen and oxygen atoms in total. The van der Waals surface area contributed by atoms with Crippen LogP contribution in [0.3, 0.4) is 0 Å². The Morgan fingerprint density at radius 2 is 1.78 bits per heavy atom. The largest absolute Gasteiger partial charge is 0.444 e. The zero-order chi connectivity index (χ0) is 29.3. The van der Waals surface area contributed by atoms with Crippen LogP contribution in [0.1, 0.15) is 65.3 Å². The van der Waals surface area contributed by atoms with E-state index in [1.165, 1.54) is 0 Å². The first-order valence-corrected chi connectivity index (χ1v) is 14.7. The highest BCUT2D eigenvalue weighted by Gasteiger charge is 2.31. The fourth-order valence-corrected chi connectivity index (χ4v) is 6.00. The summed E-state index contributed by atoms with van der Waals surface area (Å²) in [5, 5.41) is 7.66. The van der Waals surface area contributed by atoms with Crippen LogP contribution in [0.25, 0.3) is 11.2 Å². The molecule has 2 aromatic heterocycles. The fraction of sp³-hybridized carbons (Fsp3) is 0.536. The molecule has 1 aliphatic carbocycles. The average molecular weight is 604 g/mol. The number of hydrogen-bond acceptors (Lipinski definition) is 8. The molecule has 1 saturated heterocycles. The number of anilines is 3. The number of primary amides is 1. The zero-order valence-corrected chi connectivity index (χ0v) is 25.0. The second-order valence-electron chi connectivity index (χ2n) is 11.7. The summed E-state index contributed by atoms with van der Waals surface area (Å²) < 4.78 is 7.62. The van der Waals surface area contributed by atoms with Crippen LogP contribution < -0.4 is 16.4 Å². The number of nitrogens with two attached hydrogens (primary N) is 1. The molecule has 0 unspecified atom stereocenters. The van der Waals surface area contributed by atoms with Gasteiger partial charge in [-0.3, -0.25) is 9.36 Å². The number of carbonyl (C=O) groups is 2. The summed E-state index contributed by atoms with van der Waals surface area (Å²) in [6.45, 7) is 6.72. The quantitative estimate of drug-likeness (QED) is 0.316. The standard InChI is InChI=1S/C28H36Cl2N8O3/c1-28(2,3)41-27(40)37-13-5-6-17(15-37)33-25-32-14-21-24(36-25)38(18-11-9-16(10-12-18)23(31)39)26(34-21)35-22-19(29)7-4-8-20(22)30/h4,7-8,14,16-18H,5-6,9-13,15H2,1-3H3,(H2,31,39)(H,34,35)(H,32,33,36)/t16?,17-,18?/m1/s1. The van der Waals surface area contributed by atoms with E-state index in [9.17, 15) is 9.59 Å². The highest BCUT2D eigenvalue weighted by Crippen LogP contribution is 2.39. The SMILES string of the molecule is CC(C)(C)OC(=O)N1CCC[C@@H](Nc2ncc3nc(Nc4c(Cl)cccc4Cl)n(C4CCC(C(N)=O)CC4)c3n2)C1. The first kappa shape index (κ1) is 29.2. The van der Waals surface area contributed by atoms with Crippen LogP contribution in [0.2, 0.25) is 10.0 Å². The number of aromatic nitrogens is 4. The maximum Gasteiger partial charge on any atom is 0.410 e. The number of para-hydroxylation sites is 1. The minimum absolute atomic E-state index is 0.0273. The van der Waals surface area contributed by atoms with E-state index >= 15 is 0 Å². The summed E-state index contributed by atoms with van der Waals surface area (Å²) in [7, 11) is 0. The number of rotatable bonds is 6. The number of nitrogens with one attached hydrogen (secondary N) is 2. The number of hydrogen-bond donors (Lipinski definition) is 3. The van der Waals surface area contributed by atoms with E-state index in [0.717, 1.165) is 25.7 Å². The average Bonchev–Trinajstić information content (AvgIpc) is 3.27. The van der Waals surface area contributed by atoms with Crippen LogP contribution in [-0.2, 0) is 9.53 Å². The predicted molar refractivity (Wildman–Crippen MR) is 160 cm³/mol. The van der Waals surface area contributed by atoms with E-state index < -0.39 is 5.60 Å². The Labute approximate surface area is 249 Å². The van der Waals surface area contributed by atoms with Crippen molar-refractivity contribution in [1.82, 2.24) is 24.4 Å². The number of nitrogens with zero attached hydrogens (tertiary/aromatic N) is 5. The van der Waals surface area contributed by atoms with Crippen molar-refractivity contribution in [3.8, 4) is 0 Å². The summed E-state index contributed by atoms with van der Waals surface area (Å²) in [5.41, 5.74) is 6.85. The molecule has 13 heteroatoms. The Kier molecular flexibility index (Phi) is 8.47. The maximum absolute atomic E-state index is 12.7. The van der Waals surface area contributed by atoms with E-state index in [4.69, 9.17) is 43.6 Å². The molecule has 2 fully saturated rings. The van der Waals surface area contributed by atoms with Crippen LogP contribution in [0.5, 0.6) is 0 Å². The number of fused-ring (bicyclic) bond motifs is 1. The monoisotopic (exact) mass is 602 g/mol. The Balaban J connectivity index is 1.43. The molecule has 1 aliphatic heterocycles. The number of piperidine rings is 1. The smallest absolute Gasteiger partial charge is 0.410 e. The van der Waals surface area contributed by atoms with E-state index in [2.05, 4.69) is 15.6 Å². The highest BCUT2D eigenvalue weighted by molar-refractivity contribution is 6.39. The number of benzene rings is 1. The van der Waals surface area contributed by atoms with Gasteiger partial charge < -0.3 is 26.0 Å². The number of likely N-dealkylation sites (tertiary alicyclic amines) is 1. The van der Waals surface area contributed by atoms with E-state index in [1.807, 2.05) is 25.3 Å². The third-order valence-corrected chi connectivity index (χ3v) is 8.13. The molecule has 2 aliphatic rings. The van der Waals surface area contributed by atoms with Gasteiger partial charge in [0.05, 0.1) is 21.9 Å². The van der Waals surface area contributed by atoms with Gasteiger partial charge in [0.15, 0.2) is 5.65 Å². The summed E-state index contributed by atoms with van der Waals surface area (Å²) in [5.74, 6) is 0.587. The molecule has 0 radical (unpaired) electrons. The van der Waals surface area contributed by atoms with Gasteiger partial charge in [0.2, 0.25) is 17.8 Å².